The van der Waals surface area contributed by atoms with Gasteiger partial charge in [0.15, 0.2) is 0 Å². The van der Waals surface area contributed by atoms with Crippen LogP contribution in [0.4, 0.5) is 0 Å². The van der Waals surface area contributed by atoms with E-state index >= 15 is 0 Å². The fraction of sp³-hybridized carbons (Fsp3) is 0.750. The van der Waals surface area contributed by atoms with Crippen molar-refractivity contribution in [3.8, 4) is 0 Å². The molecule has 0 spiro atoms. The Kier molecular flexibility index (Phi) is 6.11. The van der Waals surface area contributed by atoms with Crippen LogP contribution in [-0.4, -0.2) is 28.0 Å². The molecule has 1 rings (SSSR count). The molecule has 0 saturated carbocycles. The molecule has 4 nitrogen and oxygen atoms in total. The summed E-state index contributed by atoms with van der Waals surface area (Å²) >= 11 is 0. The molecule has 16 heavy (non-hydrogen) atoms. The molecule has 0 aliphatic heterocycles. The fourth-order valence-electron chi connectivity index (χ4n) is 1.72. The monoisotopic (exact) mass is 225 g/mol. The van der Waals surface area contributed by atoms with Crippen molar-refractivity contribution in [3.63, 3.8) is 0 Å². The summed E-state index contributed by atoms with van der Waals surface area (Å²) in [6.07, 6.45) is 5.98. The number of hydrogen-bond acceptors (Lipinski definition) is 3. The van der Waals surface area contributed by atoms with Gasteiger partial charge >= 0.3 is 0 Å². The molecule has 0 radical (unpaired) electrons. The van der Waals surface area contributed by atoms with Gasteiger partial charge in [0, 0.05) is 31.5 Å². The van der Waals surface area contributed by atoms with E-state index in [2.05, 4.69) is 30.5 Å². The van der Waals surface area contributed by atoms with Gasteiger partial charge < -0.3 is 10.4 Å². The summed E-state index contributed by atoms with van der Waals surface area (Å²) in [5, 5.41) is 16.5. The minimum absolute atomic E-state index is 0.286. The average Bonchev–Trinajstić information content (AvgIpc) is 2.76. The molecule has 1 aromatic heterocycles. The summed E-state index contributed by atoms with van der Waals surface area (Å²) in [6.45, 7) is 7.28. The van der Waals surface area contributed by atoms with E-state index in [0.717, 1.165) is 32.5 Å². The maximum Gasteiger partial charge on any atom is 0.0534 e. The minimum Gasteiger partial charge on any atom is -0.396 e. The van der Waals surface area contributed by atoms with E-state index in [1.165, 1.54) is 5.56 Å². The molecule has 0 aromatic carbocycles. The highest BCUT2D eigenvalue weighted by Crippen LogP contribution is 2.06. The maximum absolute atomic E-state index is 8.88. The van der Waals surface area contributed by atoms with E-state index in [0.29, 0.717) is 5.92 Å². The molecule has 0 aliphatic rings. The second kappa shape index (κ2) is 7.41. The quantitative estimate of drug-likeness (QED) is 0.703. The third-order valence-electron chi connectivity index (χ3n) is 2.89. The van der Waals surface area contributed by atoms with Crippen molar-refractivity contribution in [1.29, 1.82) is 0 Å². The molecular weight excluding hydrogens is 202 g/mol. The van der Waals surface area contributed by atoms with Crippen LogP contribution in [0.2, 0.25) is 0 Å². The molecule has 0 saturated heterocycles. The summed E-state index contributed by atoms with van der Waals surface area (Å²) in [6, 6.07) is 0. The second-order valence-electron chi connectivity index (χ2n) is 4.12. The molecule has 0 amide bonds. The van der Waals surface area contributed by atoms with Crippen molar-refractivity contribution in [2.45, 2.75) is 39.8 Å². The van der Waals surface area contributed by atoms with E-state index in [-0.39, 0.29) is 6.61 Å². The highest BCUT2D eigenvalue weighted by atomic mass is 16.3. The zero-order chi connectivity index (χ0) is 11.8. The van der Waals surface area contributed by atoms with Crippen LogP contribution >= 0.6 is 0 Å². The lowest BCUT2D eigenvalue weighted by atomic mass is 10.0. The minimum atomic E-state index is 0.286. The van der Waals surface area contributed by atoms with E-state index in [9.17, 15) is 0 Å². The van der Waals surface area contributed by atoms with Crippen LogP contribution < -0.4 is 5.32 Å². The van der Waals surface area contributed by atoms with Crippen LogP contribution in [-0.2, 0) is 13.1 Å². The zero-order valence-corrected chi connectivity index (χ0v) is 10.3. The average molecular weight is 225 g/mol. The molecule has 0 fully saturated rings. The summed E-state index contributed by atoms with van der Waals surface area (Å²) in [5.41, 5.74) is 1.22. The number of aromatic nitrogens is 2. The number of rotatable bonds is 8. The van der Waals surface area contributed by atoms with Crippen LogP contribution in [0.15, 0.2) is 12.4 Å². The lowest BCUT2D eigenvalue weighted by molar-refractivity contribution is 0.251. The number of aryl methyl sites for hydroxylation is 1. The largest absolute Gasteiger partial charge is 0.396 e. The van der Waals surface area contributed by atoms with Gasteiger partial charge in [0.25, 0.3) is 0 Å². The lowest BCUT2D eigenvalue weighted by Gasteiger charge is -2.13. The predicted molar refractivity (Wildman–Crippen MR) is 65.1 cm³/mol. The summed E-state index contributed by atoms with van der Waals surface area (Å²) in [4.78, 5) is 0. The summed E-state index contributed by atoms with van der Waals surface area (Å²) in [5.74, 6) is 0.575. The van der Waals surface area contributed by atoms with Crippen LogP contribution in [0.25, 0.3) is 0 Å². The van der Waals surface area contributed by atoms with E-state index < -0.39 is 0 Å². The third kappa shape index (κ3) is 4.33. The zero-order valence-electron chi connectivity index (χ0n) is 10.3. The number of aliphatic hydroxyl groups is 1. The van der Waals surface area contributed by atoms with Gasteiger partial charge in [-0.15, -0.1) is 0 Å². The first kappa shape index (κ1) is 13.2. The van der Waals surface area contributed by atoms with E-state index in [4.69, 9.17) is 5.11 Å². The molecule has 1 aromatic rings. The van der Waals surface area contributed by atoms with Gasteiger partial charge in [-0.3, -0.25) is 4.68 Å². The van der Waals surface area contributed by atoms with Crippen LogP contribution in [0.5, 0.6) is 0 Å². The SMILES string of the molecule is CCC(CCO)CNCc1cnn(CC)c1. The van der Waals surface area contributed by atoms with Gasteiger partial charge in [-0.1, -0.05) is 13.3 Å². The number of nitrogens with zero attached hydrogens (tertiary/aromatic N) is 2. The number of nitrogens with one attached hydrogen (secondary N) is 1. The summed E-state index contributed by atoms with van der Waals surface area (Å²) < 4.78 is 1.93. The Hall–Kier alpha value is -0.870. The molecule has 2 N–H and O–H groups in total. The molecule has 0 aliphatic carbocycles. The molecule has 4 heteroatoms. The Morgan fingerprint density at radius 1 is 1.50 bits per heavy atom. The molecule has 1 heterocycles. The highest BCUT2D eigenvalue weighted by Gasteiger charge is 2.05. The molecule has 0 bridgehead atoms. The molecule has 1 atom stereocenters. The van der Waals surface area contributed by atoms with Crippen molar-refractivity contribution >= 4 is 0 Å². The van der Waals surface area contributed by atoms with Gasteiger partial charge in [-0.25, -0.2) is 0 Å². The Morgan fingerprint density at radius 3 is 2.88 bits per heavy atom. The van der Waals surface area contributed by atoms with Crippen molar-refractivity contribution in [1.82, 2.24) is 15.1 Å². The van der Waals surface area contributed by atoms with Crippen molar-refractivity contribution in [3.05, 3.63) is 18.0 Å². The Morgan fingerprint density at radius 2 is 2.31 bits per heavy atom. The third-order valence-corrected chi connectivity index (χ3v) is 2.89. The fourth-order valence-corrected chi connectivity index (χ4v) is 1.72. The number of aliphatic hydroxyl groups excluding tert-OH is 1. The lowest BCUT2D eigenvalue weighted by Crippen LogP contribution is -2.22. The molecular formula is C12H23N3O. The highest BCUT2D eigenvalue weighted by molar-refractivity contribution is 5.03. The first-order chi connectivity index (χ1) is 7.80. The first-order valence-electron chi connectivity index (χ1n) is 6.13. The topological polar surface area (TPSA) is 50.1 Å². The van der Waals surface area contributed by atoms with E-state index in [1.54, 1.807) is 0 Å². The predicted octanol–water partition coefficient (Wildman–Crippen LogP) is 1.40. The number of hydrogen-bond donors (Lipinski definition) is 2. The summed E-state index contributed by atoms with van der Waals surface area (Å²) in [7, 11) is 0. The van der Waals surface area contributed by atoms with Crippen LogP contribution in [0.3, 0.4) is 0 Å². The Bertz CT molecular complexity index is 286. The normalized spacial score (nSPS) is 12.9. The van der Waals surface area contributed by atoms with Crippen molar-refractivity contribution in [2.75, 3.05) is 13.2 Å². The van der Waals surface area contributed by atoms with Crippen LogP contribution in [0, 0.1) is 5.92 Å². The van der Waals surface area contributed by atoms with Gasteiger partial charge in [0.1, 0.15) is 0 Å². The van der Waals surface area contributed by atoms with Crippen molar-refractivity contribution < 1.29 is 5.11 Å². The smallest absolute Gasteiger partial charge is 0.0534 e. The molecule has 1 unspecified atom stereocenters. The van der Waals surface area contributed by atoms with Crippen LogP contribution in [0.1, 0.15) is 32.3 Å². The standard InChI is InChI=1S/C12H23N3O/c1-3-11(5-6-16)7-13-8-12-9-14-15(4-2)10-12/h9-11,13,16H,3-8H2,1-2H3. The van der Waals surface area contributed by atoms with Gasteiger partial charge in [0.2, 0.25) is 0 Å². The van der Waals surface area contributed by atoms with Gasteiger partial charge in [0.05, 0.1) is 6.20 Å². The van der Waals surface area contributed by atoms with Crippen molar-refractivity contribution in [2.24, 2.45) is 5.92 Å². The maximum atomic E-state index is 8.88. The van der Waals surface area contributed by atoms with Gasteiger partial charge in [-0.2, -0.15) is 5.10 Å². The first-order valence-corrected chi connectivity index (χ1v) is 6.13. The molecule has 92 valence electrons. The van der Waals surface area contributed by atoms with Gasteiger partial charge in [-0.05, 0) is 25.8 Å². The Balaban J connectivity index is 2.23. The van der Waals surface area contributed by atoms with E-state index in [1.807, 2.05) is 10.9 Å². The Labute approximate surface area is 97.7 Å². The second-order valence-corrected chi connectivity index (χ2v) is 4.12.